The molecule has 1 atom stereocenters. The molecular formula is C23H24N2O5. The predicted molar refractivity (Wildman–Crippen MR) is 112 cm³/mol. The number of ether oxygens (including phenoxy) is 2. The van der Waals surface area contributed by atoms with Gasteiger partial charge in [-0.15, -0.1) is 0 Å². The zero-order valence-corrected chi connectivity index (χ0v) is 16.8. The molecule has 1 heterocycles. The lowest BCUT2D eigenvalue weighted by molar-refractivity contribution is -0.151. The number of para-hydroxylation sites is 2. The van der Waals surface area contributed by atoms with Crippen molar-refractivity contribution in [2.24, 2.45) is 5.92 Å². The number of nitrogens with one attached hydrogen (secondary N) is 1. The molecule has 2 aromatic rings. The zero-order valence-electron chi connectivity index (χ0n) is 16.8. The number of nitrogens with zero attached hydrogens (tertiary/aromatic N) is 1. The molecule has 0 unspecified atom stereocenters. The molecule has 0 bridgehead atoms. The number of fused-ring (bicyclic) bond motifs is 1. The van der Waals surface area contributed by atoms with Gasteiger partial charge >= 0.3 is 5.97 Å². The molecule has 1 saturated heterocycles. The average Bonchev–Trinajstić information content (AvgIpc) is 3.38. The Hall–Kier alpha value is -3.35. The maximum Gasteiger partial charge on any atom is 0.311 e. The van der Waals surface area contributed by atoms with E-state index in [1.165, 1.54) is 23.1 Å². The third-order valence-electron chi connectivity index (χ3n) is 5.56. The minimum absolute atomic E-state index is 0.0450. The van der Waals surface area contributed by atoms with Crippen LogP contribution in [0, 0.1) is 5.92 Å². The zero-order chi connectivity index (χ0) is 21.1. The fourth-order valence-electron chi connectivity index (χ4n) is 4.05. The van der Waals surface area contributed by atoms with Gasteiger partial charge in [0.15, 0.2) is 6.61 Å². The van der Waals surface area contributed by atoms with Crippen LogP contribution in [0.2, 0.25) is 0 Å². The first kappa shape index (κ1) is 19.9. The Labute approximate surface area is 175 Å². The number of aryl methyl sites for hydroxylation is 2. The van der Waals surface area contributed by atoms with Crippen LogP contribution < -0.4 is 15.0 Å². The molecule has 7 heteroatoms. The lowest BCUT2D eigenvalue weighted by Gasteiger charge is -2.19. The van der Waals surface area contributed by atoms with Crippen LogP contribution in [0.25, 0.3) is 0 Å². The highest BCUT2D eigenvalue weighted by Gasteiger charge is 2.37. The average molecular weight is 408 g/mol. The van der Waals surface area contributed by atoms with Crippen LogP contribution in [0.4, 0.5) is 11.4 Å². The van der Waals surface area contributed by atoms with Crippen molar-refractivity contribution in [3.05, 3.63) is 53.6 Å². The number of hydrogen-bond donors (Lipinski definition) is 1. The number of hydrogen-bond acceptors (Lipinski definition) is 5. The van der Waals surface area contributed by atoms with Crippen LogP contribution in [0.3, 0.4) is 0 Å². The Balaban J connectivity index is 1.31. The first-order valence-corrected chi connectivity index (χ1v) is 10.1. The van der Waals surface area contributed by atoms with Crippen LogP contribution in [0.15, 0.2) is 42.5 Å². The molecule has 1 N–H and O–H groups in total. The molecule has 1 fully saturated rings. The number of methoxy groups -OCH3 is 1. The van der Waals surface area contributed by atoms with Gasteiger partial charge in [0.2, 0.25) is 5.91 Å². The summed E-state index contributed by atoms with van der Waals surface area (Å²) in [4.78, 5) is 38.5. The van der Waals surface area contributed by atoms with Gasteiger partial charge in [0.05, 0.1) is 18.7 Å². The lowest BCUT2D eigenvalue weighted by Crippen LogP contribution is -2.28. The highest BCUT2D eigenvalue weighted by molar-refractivity contribution is 6.01. The molecule has 2 aromatic carbocycles. The Morgan fingerprint density at radius 1 is 1.13 bits per heavy atom. The molecule has 2 amide bonds. The number of rotatable bonds is 6. The Morgan fingerprint density at radius 2 is 1.93 bits per heavy atom. The van der Waals surface area contributed by atoms with E-state index in [2.05, 4.69) is 5.32 Å². The van der Waals surface area contributed by atoms with Crippen molar-refractivity contribution < 1.29 is 23.9 Å². The quantitative estimate of drug-likeness (QED) is 0.743. The molecule has 0 spiro atoms. The first-order valence-electron chi connectivity index (χ1n) is 10.1. The molecule has 1 aliphatic carbocycles. The Kier molecular flexibility index (Phi) is 5.70. The third kappa shape index (κ3) is 4.15. The maximum atomic E-state index is 12.4. The van der Waals surface area contributed by atoms with Crippen LogP contribution in [0.5, 0.6) is 5.75 Å². The highest BCUT2D eigenvalue weighted by Crippen LogP contribution is 2.33. The van der Waals surface area contributed by atoms with Gasteiger partial charge in [-0.3, -0.25) is 14.4 Å². The molecule has 156 valence electrons. The SMILES string of the molecule is COc1ccccc1N1C[C@@H](C(=O)OCC(=O)Nc2ccc3c(c2)CCC3)CC1=O. The van der Waals surface area contributed by atoms with Gasteiger partial charge in [-0.05, 0) is 54.7 Å². The van der Waals surface area contributed by atoms with Crippen LogP contribution in [-0.2, 0) is 32.0 Å². The molecule has 7 nitrogen and oxygen atoms in total. The number of benzene rings is 2. The predicted octanol–water partition coefficient (Wildman–Crippen LogP) is 2.72. The molecule has 2 aliphatic rings. The van der Waals surface area contributed by atoms with E-state index >= 15 is 0 Å². The van der Waals surface area contributed by atoms with E-state index < -0.39 is 17.8 Å². The summed E-state index contributed by atoms with van der Waals surface area (Å²) >= 11 is 0. The van der Waals surface area contributed by atoms with E-state index in [9.17, 15) is 14.4 Å². The summed E-state index contributed by atoms with van der Waals surface area (Å²) in [6.07, 6.45) is 3.28. The van der Waals surface area contributed by atoms with Crippen LogP contribution in [0.1, 0.15) is 24.0 Å². The van der Waals surface area contributed by atoms with Gasteiger partial charge < -0.3 is 19.7 Å². The summed E-state index contributed by atoms with van der Waals surface area (Å²) in [6, 6.07) is 13.0. The van der Waals surface area contributed by atoms with Crippen molar-refractivity contribution in [3.63, 3.8) is 0 Å². The van der Waals surface area contributed by atoms with Crippen molar-refractivity contribution >= 4 is 29.2 Å². The molecular weight excluding hydrogens is 384 g/mol. The number of esters is 1. The highest BCUT2D eigenvalue weighted by atomic mass is 16.5. The van der Waals surface area contributed by atoms with Gasteiger partial charge in [0.1, 0.15) is 5.75 Å². The lowest BCUT2D eigenvalue weighted by atomic mass is 10.1. The minimum atomic E-state index is -0.616. The minimum Gasteiger partial charge on any atom is -0.495 e. The first-order chi connectivity index (χ1) is 14.5. The molecule has 0 radical (unpaired) electrons. The third-order valence-corrected chi connectivity index (χ3v) is 5.56. The Morgan fingerprint density at radius 3 is 2.77 bits per heavy atom. The van der Waals surface area contributed by atoms with Crippen molar-refractivity contribution in [3.8, 4) is 5.75 Å². The number of anilines is 2. The van der Waals surface area contributed by atoms with Crippen LogP contribution in [-0.4, -0.2) is 38.0 Å². The standard InChI is InChI=1S/C23H24N2O5/c1-29-20-8-3-2-7-19(20)25-13-17(12-22(25)27)23(28)30-14-21(26)24-18-10-9-15-5-4-6-16(15)11-18/h2-3,7-11,17H,4-6,12-14H2,1H3,(H,24,26)/t17-/m0/s1. The normalized spacial score (nSPS) is 17.6. The maximum absolute atomic E-state index is 12.4. The van der Waals surface area contributed by atoms with Gasteiger partial charge in [0, 0.05) is 18.7 Å². The number of carbonyl (C=O) groups is 3. The summed E-state index contributed by atoms with van der Waals surface area (Å²) in [5.74, 6) is -1.18. The topological polar surface area (TPSA) is 84.9 Å². The van der Waals surface area contributed by atoms with Crippen molar-refractivity contribution in [2.45, 2.75) is 25.7 Å². The summed E-state index contributed by atoms with van der Waals surface area (Å²) in [6.45, 7) is -0.181. The van der Waals surface area contributed by atoms with Gasteiger partial charge in [-0.1, -0.05) is 18.2 Å². The fraction of sp³-hybridized carbons (Fsp3) is 0.348. The summed E-state index contributed by atoms with van der Waals surface area (Å²) in [5, 5.41) is 2.77. The summed E-state index contributed by atoms with van der Waals surface area (Å²) in [5.41, 5.74) is 3.90. The molecule has 0 saturated carbocycles. The number of carbonyl (C=O) groups excluding carboxylic acids is 3. The molecule has 1 aliphatic heterocycles. The molecule has 30 heavy (non-hydrogen) atoms. The smallest absolute Gasteiger partial charge is 0.311 e. The Bertz CT molecular complexity index is 987. The molecule has 0 aromatic heterocycles. The second kappa shape index (κ2) is 8.57. The molecule has 4 rings (SSSR count). The second-order valence-corrected chi connectivity index (χ2v) is 7.57. The van der Waals surface area contributed by atoms with E-state index in [1.54, 1.807) is 18.2 Å². The largest absolute Gasteiger partial charge is 0.495 e. The van der Waals surface area contributed by atoms with E-state index in [0.29, 0.717) is 17.1 Å². The van der Waals surface area contributed by atoms with Crippen molar-refractivity contribution in [1.82, 2.24) is 0 Å². The van der Waals surface area contributed by atoms with Gasteiger partial charge in [0.25, 0.3) is 5.91 Å². The fourth-order valence-corrected chi connectivity index (χ4v) is 4.05. The summed E-state index contributed by atoms with van der Waals surface area (Å²) in [7, 11) is 1.53. The van der Waals surface area contributed by atoms with Gasteiger partial charge in [-0.2, -0.15) is 0 Å². The summed E-state index contributed by atoms with van der Waals surface area (Å²) < 4.78 is 10.5. The van der Waals surface area contributed by atoms with Crippen molar-refractivity contribution in [2.75, 3.05) is 30.5 Å². The monoisotopic (exact) mass is 408 g/mol. The second-order valence-electron chi connectivity index (χ2n) is 7.57. The van der Waals surface area contributed by atoms with E-state index in [-0.39, 0.29) is 25.5 Å². The van der Waals surface area contributed by atoms with Crippen LogP contribution >= 0.6 is 0 Å². The van der Waals surface area contributed by atoms with E-state index in [0.717, 1.165) is 19.3 Å². The van der Waals surface area contributed by atoms with Gasteiger partial charge in [-0.25, -0.2) is 0 Å². The van der Waals surface area contributed by atoms with E-state index in [4.69, 9.17) is 9.47 Å². The number of amides is 2. The van der Waals surface area contributed by atoms with Crippen molar-refractivity contribution in [1.29, 1.82) is 0 Å². The van der Waals surface area contributed by atoms with E-state index in [1.807, 2.05) is 24.3 Å².